The molecule has 5 rings (SSSR count). The van der Waals surface area contributed by atoms with Crippen LogP contribution in [0.1, 0.15) is 30.6 Å². The second kappa shape index (κ2) is 9.26. The Morgan fingerprint density at radius 2 is 1.86 bits per heavy atom. The zero-order valence-corrected chi connectivity index (χ0v) is 20.4. The average molecular weight is 499 g/mol. The summed E-state index contributed by atoms with van der Waals surface area (Å²) in [5.41, 5.74) is 1.43. The van der Waals surface area contributed by atoms with Crippen molar-refractivity contribution in [3.8, 4) is 22.6 Å². The molecule has 184 valence electrons. The van der Waals surface area contributed by atoms with Crippen LogP contribution in [-0.4, -0.2) is 61.3 Å². The van der Waals surface area contributed by atoms with E-state index in [1.54, 1.807) is 11.4 Å². The summed E-state index contributed by atoms with van der Waals surface area (Å²) < 4.78 is 17.9. The Labute approximate surface area is 205 Å². The topological polar surface area (TPSA) is 110 Å². The third-order valence-electron chi connectivity index (χ3n) is 6.55. The van der Waals surface area contributed by atoms with Gasteiger partial charge in [-0.15, -0.1) is 11.3 Å². The maximum Gasteiger partial charge on any atom is 0.339 e. The number of carboxylic acids is 1. The maximum atomic E-state index is 12.9. The van der Waals surface area contributed by atoms with Crippen molar-refractivity contribution in [2.75, 3.05) is 44.3 Å². The largest absolute Gasteiger partial charge is 0.486 e. The van der Waals surface area contributed by atoms with Crippen molar-refractivity contribution >= 4 is 39.4 Å². The van der Waals surface area contributed by atoms with Crippen LogP contribution >= 0.6 is 11.3 Å². The third kappa shape index (κ3) is 4.22. The van der Waals surface area contributed by atoms with Gasteiger partial charge in [-0.05, 0) is 24.1 Å². The van der Waals surface area contributed by atoms with Crippen LogP contribution in [0.5, 0.6) is 11.5 Å². The van der Waals surface area contributed by atoms with Gasteiger partial charge in [0.1, 0.15) is 23.5 Å². The van der Waals surface area contributed by atoms with E-state index in [0.29, 0.717) is 65.8 Å². The second-order valence-electron chi connectivity index (χ2n) is 8.73. The van der Waals surface area contributed by atoms with Crippen molar-refractivity contribution in [2.45, 2.75) is 20.3 Å². The molecule has 0 spiro atoms. The zero-order chi connectivity index (χ0) is 24.7. The lowest BCUT2D eigenvalue weighted by molar-refractivity contribution is -0.135. The smallest absolute Gasteiger partial charge is 0.339 e. The molecule has 2 aliphatic heterocycles. The van der Waals surface area contributed by atoms with Crippen LogP contribution in [0.15, 0.2) is 32.8 Å². The van der Waals surface area contributed by atoms with E-state index in [9.17, 15) is 19.5 Å². The molecule has 10 heteroatoms. The Kier molecular flexibility index (Phi) is 6.14. The predicted octanol–water partition coefficient (Wildman–Crippen LogP) is 3.69. The molecule has 2 aliphatic rings. The lowest BCUT2D eigenvalue weighted by atomic mass is 10.0. The molecule has 1 fully saturated rings. The molecule has 9 nitrogen and oxygen atoms in total. The molecule has 0 saturated carbocycles. The Hall–Kier alpha value is -3.53. The standard InChI is InChI=1S/C25H26N2O7S/c1-3-14(2)24(29)27-6-4-26(5-7-27)20-12-18(28)23-22(34-20)17(13-35-23)15-10-16(25(30)31)21-19(11-15)32-8-9-33-21/h10-14H,3-9H2,1-2H3,(H,30,31). The molecule has 1 aromatic carbocycles. The summed E-state index contributed by atoms with van der Waals surface area (Å²) in [4.78, 5) is 41.1. The van der Waals surface area contributed by atoms with Gasteiger partial charge in [0.15, 0.2) is 23.0 Å². The zero-order valence-electron chi connectivity index (χ0n) is 19.5. The molecule has 0 bridgehead atoms. The first-order valence-corrected chi connectivity index (χ1v) is 12.5. The number of aromatic carboxylic acids is 1. The average Bonchev–Trinajstić information content (AvgIpc) is 3.31. The number of piperazine rings is 1. The Morgan fingerprint density at radius 1 is 1.11 bits per heavy atom. The van der Waals surface area contributed by atoms with E-state index in [4.69, 9.17) is 13.9 Å². The van der Waals surface area contributed by atoms with Gasteiger partial charge >= 0.3 is 5.97 Å². The van der Waals surface area contributed by atoms with E-state index >= 15 is 0 Å². The summed E-state index contributed by atoms with van der Waals surface area (Å²) in [6.07, 6.45) is 0.801. The lowest BCUT2D eigenvalue weighted by Crippen LogP contribution is -2.50. The van der Waals surface area contributed by atoms with Crippen LogP contribution in [0.2, 0.25) is 0 Å². The van der Waals surface area contributed by atoms with Gasteiger partial charge in [-0.2, -0.15) is 0 Å². The first-order chi connectivity index (χ1) is 16.9. The first-order valence-electron chi connectivity index (χ1n) is 11.6. The van der Waals surface area contributed by atoms with Crippen LogP contribution in [-0.2, 0) is 4.79 Å². The molecule has 2 aromatic heterocycles. The van der Waals surface area contributed by atoms with Gasteiger partial charge < -0.3 is 28.8 Å². The summed E-state index contributed by atoms with van der Waals surface area (Å²) in [6, 6.07) is 4.72. The predicted molar refractivity (Wildman–Crippen MR) is 132 cm³/mol. The van der Waals surface area contributed by atoms with E-state index in [1.807, 2.05) is 23.6 Å². The summed E-state index contributed by atoms with van der Waals surface area (Å²) in [6.45, 7) is 6.78. The molecule has 35 heavy (non-hydrogen) atoms. The van der Waals surface area contributed by atoms with Crippen LogP contribution in [0.25, 0.3) is 21.4 Å². The van der Waals surface area contributed by atoms with Gasteiger partial charge in [0.05, 0.1) is 0 Å². The van der Waals surface area contributed by atoms with Gasteiger partial charge in [0, 0.05) is 49.1 Å². The molecule has 0 radical (unpaired) electrons. The number of carbonyl (C=O) groups is 2. The third-order valence-corrected chi connectivity index (χ3v) is 7.53. The SMILES string of the molecule is CCC(C)C(=O)N1CCN(c2cc(=O)c3scc(-c4cc5c(c(C(=O)O)c4)OCCO5)c3o2)CC1. The van der Waals surface area contributed by atoms with Crippen molar-refractivity contribution in [3.05, 3.63) is 39.4 Å². The number of ether oxygens (including phenoxy) is 2. The number of amides is 1. The fraction of sp³-hybridized carbons (Fsp3) is 0.400. The number of nitrogens with zero attached hydrogens (tertiary/aromatic N) is 2. The highest BCUT2D eigenvalue weighted by molar-refractivity contribution is 7.17. The Balaban J connectivity index is 1.49. The van der Waals surface area contributed by atoms with Crippen LogP contribution in [0.3, 0.4) is 0 Å². The minimum atomic E-state index is -1.12. The summed E-state index contributed by atoms with van der Waals surface area (Å²) in [5.74, 6) is 0.0156. The molecule has 1 N–H and O–H groups in total. The van der Waals surface area contributed by atoms with Crippen LogP contribution in [0, 0.1) is 5.92 Å². The number of hydrogen-bond acceptors (Lipinski definition) is 8. The van der Waals surface area contributed by atoms with E-state index in [2.05, 4.69) is 0 Å². The number of carbonyl (C=O) groups excluding carboxylic acids is 1. The molecule has 4 heterocycles. The van der Waals surface area contributed by atoms with E-state index in [1.165, 1.54) is 23.5 Å². The van der Waals surface area contributed by atoms with E-state index in [-0.39, 0.29) is 35.2 Å². The Morgan fingerprint density at radius 3 is 2.57 bits per heavy atom. The summed E-state index contributed by atoms with van der Waals surface area (Å²) in [5, 5.41) is 11.5. The highest BCUT2D eigenvalue weighted by Gasteiger charge is 2.27. The molecule has 1 amide bonds. The van der Waals surface area contributed by atoms with Crippen molar-refractivity contribution in [1.29, 1.82) is 0 Å². The van der Waals surface area contributed by atoms with Gasteiger partial charge in [0.25, 0.3) is 0 Å². The number of rotatable bonds is 5. The number of hydrogen-bond donors (Lipinski definition) is 1. The van der Waals surface area contributed by atoms with Crippen LogP contribution < -0.4 is 19.8 Å². The van der Waals surface area contributed by atoms with Gasteiger partial charge in [-0.25, -0.2) is 4.79 Å². The molecule has 1 saturated heterocycles. The van der Waals surface area contributed by atoms with Gasteiger partial charge in [0.2, 0.25) is 11.3 Å². The molecule has 0 aliphatic carbocycles. The highest BCUT2D eigenvalue weighted by atomic mass is 32.1. The molecule has 1 atom stereocenters. The van der Waals surface area contributed by atoms with E-state index < -0.39 is 5.97 Å². The number of benzene rings is 1. The first kappa shape index (κ1) is 23.2. The number of fused-ring (bicyclic) bond motifs is 2. The fourth-order valence-electron chi connectivity index (χ4n) is 4.39. The number of anilines is 1. The number of carboxylic acid groups (broad SMARTS) is 1. The molecular formula is C25H26N2O7S. The summed E-state index contributed by atoms with van der Waals surface area (Å²) in [7, 11) is 0. The highest BCUT2D eigenvalue weighted by Crippen LogP contribution is 2.42. The monoisotopic (exact) mass is 498 g/mol. The van der Waals surface area contributed by atoms with E-state index in [0.717, 1.165) is 6.42 Å². The quantitative estimate of drug-likeness (QED) is 0.567. The summed E-state index contributed by atoms with van der Waals surface area (Å²) >= 11 is 1.26. The fourth-order valence-corrected chi connectivity index (χ4v) is 5.30. The minimum absolute atomic E-state index is 0.00264. The normalized spacial score (nSPS) is 16.4. The number of thiophene rings is 1. The second-order valence-corrected chi connectivity index (χ2v) is 9.61. The van der Waals surface area contributed by atoms with Gasteiger partial charge in [-0.3, -0.25) is 9.59 Å². The van der Waals surface area contributed by atoms with Crippen molar-refractivity contribution < 1.29 is 28.6 Å². The Bertz CT molecular complexity index is 1350. The molecule has 3 aromatic rings. The lowest BCUT2D eigenvalue weighted by Gasteiger charge is -2.36. The van der Waals surface area contributed by atoms with Gasteiger partial charge in [-0.1, -0.05) is 13.8 Å². The molecular weight excluding hydrogens is 472 g/mol. The van der Waals surface area contributed by atoms with Crippen molar-refractivity contribution in [2.24, 2.45) is 5.92 Å². The van der Waals surface area contributed by atoms with Crippen molar-refractivity contribution in [3.63, 3.8) is 0 Å². The minimum Gasteiger partial charge on any atom is -0.486 e. The van der Waals surface area contributed by atoms with Crippen LogP contribution in [0.4, 0.5) is 5.88 Å². The molecule has 1 unspecified atom stereocenters. The van der Waals surface area contributed by atoms with Crippen molar-refractivity contribution in [1.82, 2.24) is 4.90 Å². The maximum absolute atomic E-state index is 12.9.